The SMILES string of the molecule is CC1(C)c2cc(-c3ccc(-c4ccccc4)cc3)ccc2-c2ccc(N(c3ccccc3)c3ccc4c(c3)C(C)(C)c3cc(-c5ccc(-c6ccccc6)cc5)ccc3-4)cc21. The lowest BCUT2D eigenvalue weighted by atomic mass is 9.81. The fraction of sp³-hybridized carbons (Fsp3) is 0.100. The van der Waals surface area contributed by atoms with E-state index in [1.54, 1.807) is 0 Å². The zero-order valence-electron chi connectivity index (χ0n) is 35.2. The standard InChI is InChI=1S/C60H47N/c1-59(2)55-36-46(44-24-20-42(21-25-44)40-14-8-5-9-15-40)28-32-51(55)53-34-30-49(38-57(53)59)61(48-18-12-7-13-19-48)50-31-35-54-52-33-29-47(37-56(52)60(3,4)58(54)39-50)45-26-22-43(23-27-45)41-16-10-6-11-17-41/h5-39H,1-4H3. The molecule has 2 aliphatic carbocycles. The third-order valence-electron chi connectivity index (χ3n) is 13.5. The van der Waals surface area contributed by atoms with E-state index in [0.29, 0.717) is 0 Å². The van der Waals surface area contributed by atoms with Crippen LogP contribution in [0.15, 0.2) is 212 Å². The first-order valence-electron chi connectivity index (χ1n) is 21.5. The largest absolute Gasteiger partial charge is 0.310 e. The minimum absolute atomic E-state index is 0.176. The Morgan fingerprint density at radius 3 is 0.902 bits per heavy atom. The Hall–Kier alpha value is -7.22. The summed E-state index contributed by atoms with van der Waals surface area (Å²) in [5.41, 5.74) is 23.8. The molecule has 0 radical (unpaired) electrons. The van der Waals surface area contributed by atoms with Crippen LogP contribution in [0.2, 0.25) is 0 Å². The molecule has 1 nitrogen and oxygen atoms in total. The average molecular weight is 782 g/mol. The van der Waals surface area contributed by atoms with E-state index >= 15 is 0 Å². The van der Waals surface area contributed by atoms with Gasteiger partial charge in [0.25, 0.3) is 0 Å². The van der Waals surface area contributed by atoms with Crippen molar-refractivity contribution in [3.05, 3.63) is 235 Å². The van der Waals surface area contributed by atoms with Crippen LogP contribution in [0.5, 0.6) is 0 Å². The van der Waals surface area contributed by atoms with Crippen molar-refractivity contribution in [2.75, 3.05) is 4.90 Å². The normalized spacial score (nSPS) is 13.8. The summed E-state index contributed by atoms with van der Waals surface area (Å²) in [7, 11) is 0. The van der Waals surface area contributed by atoms with Crippen LogP contribution < -0.4 is 4.90 Å². The third kappa shape index (κ3) is 6.15. The molecule has 0 bridgehead atoms. The van der Waals surface area contributed by atoms with Crippen LogP contribution in [-0.2, 0) is 10.8 Å². The summed E-state index contributed by atoms with van der Waals surface area (Å²) in [6.45, 7) is 9.55. The van der Waals surface area contributed by atoms with Gasteiger partial charge in [0.05, 0.1) is 0 Å². The summed E-state index contributed by atoms with van der Waals surface area (Å²) in [5, 5.41) is 0. The molecule has 0 amide bonds. The van der Waals surface area contributed by atoms with E-state index in [2.05, 4.69) is 245 Å². The fourth-order valence-corrected chi connectivity index (χ4v) is 10.1. The van der Waals surface area contributed by atoms with Crippen LogP contribution in [0.25, 0.3) is 66.8 Å². The Labute approximate surface area is 360 Å². The number of benzene rings is 9. The molecule has 0 saturated carbocycles. The van der Waals surface area contributed by atoms with E-state index in [9.17, 15) is 0 Å². The minimum atomic E-state index is -0.176. The quantitative estimate of drug-likeness (QED) is 0.156. The van der Waals surface area contributed by atoms with Crippen LogP contribution in [0, 0.1) is 0 Å². The second-order valence-electron chi connectivity index (χ2n) is 17.8. The molecule has 292 valence electrons. The maximum absolute atomic E-state index is 2.44. The van der Waals surface area contributed by atoms with E-state index in [-0.39, 0.29) is 10.8 Å². The molecule has 0 spiro atoms. The molecular formula is C60H47N. The van der Waals surface area contributed by atoms with Gasteiger partial charge >= 0.3 is 0 Å². The highest BCUT2D eigenvalue weighted by Crippen LogP contribution is 2.54. The molecule has 0 saturated heterocycles. The highest BCUT2D eigenvalue weighted by molar-refractivity contribution is 5.90. The maximum Gasteiger partial charge on any atom is 0.0465 e. The lowest BCUT2D eigenvalue weighted by molar-refractivity contribution is 0.660. The number of para-hydroxylation sites is 1. The summed E-state index contributed by atoms with van der Waals surface area (Å²) < 4.78 is 0. The van der Waals surface area contributed by atoms with Gasteiger partial charge in [-0.3, -0.25) is 0 Å². The van der Waals surface area contributed by atoms with Crippen LogP contribution in [0.3, 0.4) is 0 Å². The van der Waals surface area contributed by atoms with Crippen molar-refractivity contribution in [1.82, 2.24) is 0 Å². The van der Waals surface area contributed by atoms with E-state index in [4.69, 9.17) is 0 Å². The molecule has 9 aromatic carbocycles. The molecule has 0 aromatic heterocycles. The lowest BCUT2D eigenvalue weighted by Crippen LogP contribution is -2.18. The Morgan fingerprint density at radius 1 is 0.246 bits per heavy atom. The molecule has 0 aliphatic heterocycles. The van der Waals surface area contributed by atoms with Crippen LogP contribution >= 0.6 is 0 Å². The third-order valence-corrected chi connectivity index (χ3v) is 13.5. The summed E-state index contributed by atoms with van der Waals surface area (Å²) >= 11 is 0. The van der Waals surface area contributed by atoms with Crippen molar-refractivity contribution in [2.24, 2.45) is 0 Å². The van der Waals surface area contributed by atoms with Crippen LogP contribution in [0.4, 0.5) is 17.1 Å². The van der Waals surface area contributed by atoms with Gasteiger partial charge in [-0.25, -0.2) is 0 Å². The molecule has 2 aliphatic rings. The van der Waals surface area contributed by atoms with E-state index in [0.717, 1.165) is 17.1 Å². The molecule has 61 heavy (non-hydrogen) atoms. The van der Waals surface area contributed by atoms with Crippen molar-refractivity contribution < 1.29 is 0 Å². The Morgan fingerprint density at radius 2 is 0.525 bits per heavy atom. The summed E-state index contributed by atoms with van der Waals surface area (Å²) in [6.07, 6.45) is 0. The summed E-state index contributed by atoms with van der Waals surface area (Å²) in [5.74, 6) is 0. The number of fused-ring (bicyclic) bond motifs is 6. The molecule has 0 atom stereocenters. The first-order chi connectivity index (χ1) is 29.7. The number of hydrogen-bond donors (Lipinski definition) is 0. The number of rotatable bonds is 7. The molecule has 9 aromatic rings. The summed E-state index contributed by atoms with van der Waals surface area (Å²) in [6, 6.07) is 78.4. The second-order valence-corrected chi connectivity index (χ2v) is 17.8. The highest BCUT2D eigenvalue weighted by atomic mass is 15.1. The molecule has 0 heterocycles. The molecule has 0 fully saturated rings. The molecule has 11 rings (SSSR count). The first-order valence-corrected chi connectivity index (χ1v) is 21.5. The first kappa shape index (κ1) is 36.8. The van der Waals surface area contributed by atoms with Gasteiger partial charge in [0.2, 0.25) is 0 Å². The average Bonchev–Trinajstić information content (AvgIpc) is 3.68. The van der Waals surface area contributed by atoms with Gasteiger partial charge < -0.3 is 4.90 Å². The monoisotopic (exact) mass is 781 g/mol. The van der Waals surface area contributed by atoms with Crippen molar-refractivity contribution in [3.8, 4) is 66.8 Å². The summed E-state index contributed by atoms with van der Waals surface area (Å²) in [4.78, 5) is 2.44. The highest BCUT2D eigenvalue weighted by Gasteiger charge is 2.38. The fourth-order valence-electron chi connectivity index (χ4n) is 10.1. The maximum atomic E-state index is 2.44. The predicted molar refractivity (Wildman–Crippen MR) is 258 cm³/mol. The van der Waals surface area contributed by atoms with Gasteiger partial charge in [-0.1, -0.05) is 191 Å². The molecule has 1 heteroatoms. The Balaban J connectivity index is 0.930. The molecule has 0 N–H and O–H groups in total. The lowest BCUT2D eigenvalue weighted by Gasteiger charge is -2.29. The smallest absolute Gasteiger partial charge is 0.0465 e. The second kappa shape index (κ2) is 14.2. The number of hydrogen-bond acceptors (Lipinski definition) is 1. The molecular weight excluding hydrogens is 735 g/mol. The van der Waals surface area contributed by atoms with Crippen molar-refractivity contribution in [1.29, 1.82) is 0 Å². The number of nitrogens with zero attached hydrogens (tertiary/aromatic N) is 1. The zero-order valence-corrected chi connectivity index (χ0v) is 35.2. The zero-order chi connectivity index (χ0) is 41.3. The van der Waals surface area contributed by atoms with Crippen molar-refractivity contribution in [2.45, 2.75) is 38.5 Å². The van der Waals surface area contributed by atoms with Gasteiger partial charge in [-0.2, -0.15) is 0 Å². The van der Waals surface area contributed by atoms with Crippen molar-refractivity contribution >= 4 is 17.1 Å². The van der Waals surface area contributed by atoms with Gasteiger partial charge in [-0.05, 0) is 138 Å². The Kier molecular flexibility index (Phi) is 8.58. The minimum Gasteiger partial charge on any atom is -0.310 e. The topological polar surface area (TPSA) is 3.24 Å². The molecule has 0 unspecified atom stereocenters. The Bertz CT molecular complexity index is 2890. The van der Waals surface area contributed by atoms with Crippen molar-refractivity contribution in [3.63, 3.8) is 0 Å². The van der Waals surface area contributed by atoms with Gasteiger partial charge in [-0.15, -0.1) is 0 Å². The van der Waals surface area contributed by atoms with E-state index < -0.39 is 0 Å². The van der Waals surface area contributed by atoms with Gasteiger partial charge in [0, 0.05) is 27.9 Å². The van der Waals surface area contributed by atoms with Gasteiger partial charge in [0.15, 0.2) is 0 Å². The van der Waals surface area contributed by atoms with Crippen LogP contribution in [0.1, 0.15) is 49.9 Å². The predicted octanol–water partition coefficient (Wildman–Crippen LogP) is 16.4. The van der Waals surface area contributed by atoms with Gasteiger partial charge in [0.1, 0.15) is 0 Å². The van der Waals surface area contributed by atoms with E-state index in [1.165, 1.54) is 89.0 Å². The number of anilines is 3. The van der Waals surface area contributed by atoms with Crippen LogP contribution in [-0.4, -0.2) is 0 Å². The van der Waals surface area contributed by atoms with E-state index in [1.807, 2.05) is 0 Å².